The molecule has 1 aromatic heterocycles. The molecule has 0 spiro atoms. The quantitative estimate of drug-likeness (QED) is 0.222. The van der Waals surface area contributed by atoms with Crippen LogP contribution in [0.15, 0.2) is 81.1 Å². The summed E-state index contributed by atoms with van der Waals surface area (Å²) in [6.07, 6.45) is 5.15. The van der Waals surface area contributed by atoms with E-state index in [2.05, 4.69) is 11.6 Å². The largest absolute Gasteiger partial charge is 0.493 e. The molecule has 198 valence electrons. The van der Waals surface area contributed by atoms with Crippen molar-refractivity contribution in [2.24, 2.45) is 4.99 Å². The molecule has 1 aliphatic heterocycles. The first-order chi connectivity index (χ1) is 18.3. The number of allylic oxidation sites excluding steroid dienone is 1. The van der Waals surface area contributed by atoms with E-state index in [0.717, 1.165) is 16.0 Å². The Morgan fingerprint density at radius 3 is 2.58 bits per heavy atom. The minimum Gasteiger partial charge on any atom is -0.493 e. The van der Waals surface area contributed by atoms with Gasteiger partial charge in [-0.2, -0.15) is 0 Å². The molecular weight excluding hydrogens is 520 g/mol. The number of hydrogen-bond donors (Lipinski definition) is 0. The van der Waals surface area contributed by atoms with Crippen molar-refractivity contribution in [1.29, 1.82) is 0 Å². The number of thioether (sulfide) groups is 1. The number of aromatic nitrogens is 1. The zero-order valence-electron chi connectivity index (χ0n) is 22.0. The second kappa shape index (κ2) is 11.9. The molecule has 0 radical (unpaired) electrons. The van der Waals surface area contributed by atoms with Crippen LogP contribution in [0.4, 0.5) is 0 Å². The fraction of sp³-hybridized carbons (Fsp3) is 0.276. The number of hydrogen-bond acceptors (Lipinski definition) is 8. The maximum absolute atomic E-state index is 13.8. The Hall–Kier alpha value is -3.56. The summed E-state index contributed by atoms with van der Waals surface area (Å²) in [4.78, 5) is 33.3. The minimum absolute atomic E-state index is 0.235. The van der Waals surface area contributed by atoms with Crippen molar-refractivity contribution < 1.29 is 19.0 Å². The van der Waals surface area contributed by atoms with Crippen molar-refractivity contribution in [3.8, 4) is 11.5 Å². The van der Waals surface area contributed by atoms with Gasteiger partial charge < -0.3 is 14.2 Å². The van der Waals surface area contributed by atoms with Crippen LogP contribution in [0, 0.1) is 0 Å². The number of esters is 1. The summed E-state index contributed by atoms with van der Waals surface area (Å²) in [5.74, 6) is 0.660. The summed E-state index contributed by atoms with van der Waals surface area (Å²) in [7, 11) is 1.57. The van der Waals surface area contributed by atoms with Gasteiger partial charge in [0.25, 0.3) is 5.56 Å². The van der Waals surface area contributed by atoms with Gasteiger partial charge in [0, 0.05) is 4.90 Å². The molecule has 1 atom stereocenters. The summed E-state index contributed by atoms with van der Waals surface area (Å²) < 4.78 is 18.8. The summed E-state index contributed by atoms with van der Waals surface area (Å²) in [6.45, 7) is 9.40. The van der Waals surface area contributed by atoms with E-state index in [1.165, 1.54) is 11.3 Å². The van der Waals surface area contributed by atoms with Crippen LogP contribution in [0.3, 0.4) is 0 Å². The van der Waals surface area contributed by atoms with E-state index in [-0.39, 0.29) is 11.7 Å². The highest BCUT2D eigenvalue weighted by Crippen LogP contribution is 2.32. The second-order valence-corrected chi connectivity index (χ2v) is 10.7. The molecule has 0 saturated heterocycles. The first kappa shape index (κ1) is 27.5. The highest BCUT2D eigenvalue weighted by molar-refractivity contribution is 7.98. The number of ether oxygens (including phenoxy) is 3. The normalized spacial score (nSPS) is 15.2. The molecule has 0 saturated carbocycles. The number of nitrogens with zero attached hydrogens (tertiary/aromatic N) is 2. The maximum Gasteiger partial charge on any atom is 0.338 e. The lowest BCUT2D eigenvalue weighted by molar-refractivity contribution is -0.143. The Balaban J connectivity index is 1.87. The van der Waals surface area contributed by atoms with Crippen LogP contribution in [0.2, 0.25) is 0 Å². The van der Waals surface area contributed by atoms with Crippen LogP contribution in [0.1, 0.15) is 37.9 Å². The fourth-order valence-electron chi connectivity index (χ4n) is 4.16. The van der Waals surface area contributed by atoms with Crippen molar-refractivity contribution in [3.05, 3.63) is 97.2 Å². The molecule has 1 aliphatic rings. The third-order valence-electron chi connectivity index (χ3n) is 5.86. The second-order valence-electron chi connectivity index (χ2n) is 8.82. The van der Waals surface area contributed by atoms with Crippen LogP contribution in [-0.2, 0) is 9.53 Å². The van der Waals surface area contributed by atoms with E-state index < -0.39 is 12.0 Å². The number of methoxy groups -OCH3 is 1. The smallest absolute Gasteiger partial charge is 0.338 e. The summed E-state index contributed by atoms with van der Waals surface area (Å²) in [5.41, 5.74) is 2.24. The number of thiazole rings is 1. The van der Waals surface area contributed by atoms with Crippen molar-refractivity contribution in [2.45, 2.75) is 37.8 Å². The standard InChI is InChI=1S/C29H30N2O5S2/c1-7-14-35-22-13-8-19(15-23(22)34-5)16-24-27(32)31-26(20-9-11-21(37-6)12-10-20)25(28(33)36-17(2)3)18(4)30-29(31)38-24/h7-13,15-17,26H,1,14H2,2-6H3/b24-16-/t26-/m0/s1. The Morgan fingerprint density at radius 1 is 1.21 bits per heavy atom. The SMILES string of the molecule is C=CCOc1ccc(/C=c2\sc3n(c2=O)[C@@H](c2ccc(SC)cc2)C(C(=O)OC(C)C)=C(C)N=3)cc1OC. The van der Waals surface area contributed by atoms with E-state index in [0.29, 0.717) is 38.7 Å². The summed E-state index contributed by atoms with van der Waals surface area (Å²) in [6, 6.07) is 12.7. The Kier molecular flexibility index (Phi) is 8.58. The van der Waals surface area contributed by atoms with Gasteiger partial charge in [-0.3, -0.25) is 9.36 Å². The minimum atomic E-state index is -0.653. The summed E-state index contributed by atoms with van der Waals surface area (Å²) in [5, 5.41) is 0. The Labute approximate surface area is 229 Å². The lowest BCUT2D eigenvalue weighted by Crippen LogP contribution is -2.40. The van der Waals surface area contributed by atoms with E-state index in [1.807, 2.05) is 42.7 Å². The molecule has 0 bridgehead atoms. The van der Waals surface area contributed by atoms with E-state index >= 15 is 0 Å². The predicted molar refractivity (Wildman–Crippen MR) is 152 cm³/mol. The van der Waals surface area contributed by atoms with E-state index in [9.17, 15) is 9.59 Å². The van der Waals surface area contributed by atoms with Crippen LogP contribution >= 0.6 is 23.1 Å². The molecule has 0 fully saturated rings. The zero-order chi connectivity index (χ0) is 27.4. The molecule has 7 nitrogen and oxygen atoms in total. The molecule has 3 aromatic rings. The third-order valence-corrected chi connectivity index (χ3v) is 7.58. The number of rotatable bonds is 9. The topological polar surface area (TPSA) is 79.1 Å². The monoisotopic (exact) mass is 550 g/mol. The average molecular weight is 551 g/mol. The van der Waals surface area contributed by atoms with Gasteiger partial charge in [0.05, 0.1) is 35.1 Å². The highest BCUT2D eigenvalue weighted by Gasteiger charge is 2.33. The van der Waals surface area contributed by atoms with Crippen molar-refractivity contribution in [1.82, 2.24) is 4.57 Å². The van der Waals surface area contributed by atoms with Gasteiger partial charge in [0.1, 0.15) is 6.61 Å². The Bertz CT molecular complexity index is 1570. The van der Waals surface area contributed by atoms with Gasteiger partial charge in [-0.05, 0) is 68.5 Å². The van der Waals surface area contributed by atoms with Gasteiger partial charge in [0.2, 0.25) is 0 Å². The first-order valence-corrected chi connectivity index (χ1v) is 14.1. The molecule has 9 heteroatoms. The van der Waals surface area contributed by atoms with E-state index in [1.54, 1.807) is 62.4 Å². The molecule has 4 rings (SSSR count). The van der Waals surface area contributed by atoms with Crippen LogP contribution < -0.4 is 24.4 Å². The molecule has 0 amide bonds. The van der Waals surface area contributed by atoms with Gasteiger partial charge >= 0.3 is 5.97 Å². The average Bonchev–Trinajstić information content (AvgIpc) is 3.20. The Morgan fingerprint density at radius 2 is 1.95 bits per heavy atom. The highest BCUT2D eigenvalue weighted by atomic mass is 32.2. The van der Waals surface area contributed by atoms with E-state index in [4.69, 9.17) is 14.2 Å². The molecule has 0 unspecified atom stereocenters. The molecule has 2 heterocycles. The van der Waals surface area contributed by atoms with Crippen molar-refractivity contribution in [3.63, 3.8) is 0 Å². The van der Waals surface area contributed by atoms with Gasteiger partial charge in [-0.15, -0.1) is 11.8 Å². The van der Waals surface area contributed by atoms with Crippen LogP contribution in [-0.4, -0.2) is 36.6 Å². The fourth-order valence-corrected chi connectivity index (χ4v) is 5.61. The van der Waals surface area contributed by atoms with Crippen LogP contribution in [0.5, 0.6) is 11.5 Å². The number of carbonyl (C=O) groups is 1. The first-order valence-electron chi connectivity index (χ1n) is 12.1. The molecule has 0 N–H and O–H groups in total. The summed E-state index contributed by atoms with van der Waals surface area (Å²) >= 11 is 2.90. The van der Waals surface area contributed by atoms with Gasteiger partial charge in [0.15, 0.2) is 16.3 Å². The lowest BCUT2D eigenvalue weighted by Gasteiger charge is -2.25. The van der Waals surface area contributed by atoms with Crippen molar-refractivity contribution in [2.75, 3.05) is 20.0 Å². The maximum atomic E-state index is 13.8. The predicted octanol–water partition coefficient (Wildman–Crippen LogP) is 4.48. The number of fused-ring (bicyclic) bond motifs is 1. The molecular formula is C29H30N2O5S2. The zero-order valence-corrected chi connectivity index (χ0v) is 23.7. The molecule has 38 heavy (non-hydrogen) atoms. The number of benzene rings is 2. The lowest BCUT2D eigenvalue weighted by atomic mass is 9.96. The van der Waals surface area contributed by atoms with Gasteiger partial charge in [-0.25, -0.2) is 9.79 Å². The molecule has 2 aromatic carbocycles. The van der Waals surface area contributed by atoms with Crippen LogP contribution in [0.25, 0.3) is 6.08 Å². The third kappa shape index (κ3) is 5.63. The molecule has 0 aliphatic carbocycles. The van der Waals surface area contributed by atoms with Crippen molar-refractivity contribution >= 4 is 35.1 Å². The number of carbonyl (C=O) groups excluding carboxylic acids is 1. The van der Waals surface area contributed by atoms with Gasteiger partial charge in [-0.1, -0.05) is 42.2 Å².